The fourth-order valence-electron chi connectivity index (χ4n) is 1.35. The van der Waals surface area contributed by atoms with Crippen LogP contribution in [0.4, 0.5) is 0 Å². The molecular weight excluding hydrogens is 194 g/mol. The van der Waals surface area contributed by atoms with Crippen molar-refractivity contribution in [3.63, 3.8) is 0 Å². The van der Waals surface area contributed by atoms with Gasteiger partial charge >= 0.3 is 10.3 Å². The van der Waals surface area contributed by atoms with Gasteiger partial charge in [-0.25, -0.2) is 0 Å². The van der Waals surface area contributed by atoms with Gasteiger partial charge in [-0.15, -0.1) is 0 Å². The first kappa shape index (κ1) is 10.9. The molecule has 0 spiro atoms. The van der Waals surface area contributed by atoms with Crippen molar-refractivity contribution < 1.29 is 17.7 Å². The largest absolute Gasteiger partial charge is 0.391 e. The molecule has 0 amide bonds. The highest BCUT2D eigenvalue weighted by molar-refractivity contribution is 7.84. The first-order valence-electron chi connectivity index (χ1n) is 4.12. The second kappa shape index (κ2) is 3.20. The zero-order valence-corrected chi connectivity index (χ0v) is 8.76. The van der Waals surface area contributed by atoms with Crippen LogP contribution in [0.15, 0.2) is 0 Å². The number of rotatable bonds is 1. The third-order valence-corrected chi connectivity index (χ3v) is 3.20. The summed E-state index contributed by atoms with van der Waals surface area (Å²) in [6.07, 6.45) is -0.971. The van der Waals surface area contributed by atoms with Crippen molar-refractivity contribution in [3.8, 4) is 0 Å². The zero-order valence-electron chi connectivity index (χ0n) is 7.94. The SMILES string of the molecule is C[C@H](O)[C@@H]1CC(C)(C)NS(=O)(=O)O1. The minimum absolute atomic E-state index is 0.462. The van der Waals surface area contributed by atoms with Crippen molar-refractivity contribution >= 4 is 10.3 Å². The van der Waals surface area contributed by atoms with Gasteiger partial charge in [0.05, 0.1) is 6.10 Å². The predicted octanol–water partition coefficient (Wildman–Crippen LogP) is -0.231. The lowest BCUT2D eigenvalue weighted by molar-refractivity contribution is 0.0191. The van der Waals surface area contributed by atoms with Gasteiger partial charge in [-0.1, -0.05) is 0 Å². The van der Waals surface area contributed by atoms with E-state index in [1.807, 2.05) is 0 Å². The van der Waals surface area contributed by atoms with E-state index in [1.54, 1.807) is 13.8 Å². The first-order valence-corrected chi connectivity index (χ1v) is 5.53. The van der Waals surface area contributed by atoms with Gasteiger partial charge in [0.25, 0.3) is 0 Å². The van der Waals surface area contributed by atoms with E-state index in [-0.39, 0.29) is 0 Å². The minimum Gasteiger partial charge on any atom is -0.391 e. The Hall–Kier alpha value is -0.170. The summed E-state index contributed by atoms with van der Waals surface area (Å²) in [5.41, 5.74) is -0.557. The molecular formula is C7H15NO4S. The van der Waals surface area contributed by atoms with Crippen molar-refractivity contribution in [2.45, 2.75) is 44.9 Å². The Morgan fingerprint density at radius 3 is 2.54 bits per heavy atom. The molecule has 1 aliphatic heterocycles. The molecule has 5 nitrogen and oxygen atoms in total. The summed E-state index contributed by atoms with van der Waals surface area (Å²) in [5, 5.41) is 9.22. The lowest BCUT2D eigenvalue weighted by atomic mass is 9.96. The topological polar surface area (TPSA) is 75.6 Å². The second-order valence-corrected chi connectivity index (χ2v) is 5.32. The maximum atomic E-state index is 11.1. The third kappa shape index (κ3) is 2.91. The lowest BCUT2D eigenvalue weighted by Crippen LogP contribution is -2.54. The average Bonchev–Trinajstić information content (AvgIpc) is 1.79. The van der Waals surface area contributed by atoms with E-state index in [2.05, 4.69) is 8.91 Å². The minimum atomic E-state index is -3.69. The van der Waals surface area contributed by atoms with E-state index in [4.69, 9.17) is 0 Å². The quantitative estimate of drug-likeness (QED) is 0.625. The Kier molecular flexibility index (Phi) is 2.68. The van der Waals surface area contributed by atoms with Gasteiger partial charge < -0.3 is 5.11 Å². The van der Waals surface area contributed by atoms with Gasteiger partial charge in [0.2, 0.25) is 0 Å². The Morgan fingerprint density at radius 2 is 2.15 bits per heavy atom. The summed E-state index contributed by atoms with van der Waals surface area (Å²) < 4.78 is 29.3. The summed E-state index contributed by atoms with van der Waals surface area (Å²) >= 11 is 0. The molecule has 0 saturated carbocycles. The number of hydrogen-bond acceptors (Lipinski definition) is 4. The number of aliphatic hydroxyl groups excluding tert-OH is 1. The van der Waals surface area contributed by atoms with Crippen LogP contribution in [0.1, 0.15) is 27.2 Å². The van der Waals surface area contributed by atoms with E-state index < -0.39 is 28.1 Å². The van der Waals surface area contributed by atoms with Gasteiger partial charge in [-0.2, -0.15) is 13.1 Å². The molecule has 6 heteroatoms. The Morgan fingerprint density at radius 1 is 1.62 bits per heavy atom. The standard InChI is InChI=1S/C7H15NO4S/c1-5(9)6-4-7(2,3)8-13(10,11)12-6/h5-6,8-9H,4H2,1-3H3/t5-,6-/m0/s1. The van der Waals surface area contributed by atoms with Gasteiger partial charge in [-0.05, 0) is 27.2 Å². The van der Waals surface area contributed by atoms with Gasteiger partial charge in [0.15, 0.2) is 0 Å². The van der Waals surface area contributed by atoms with Crippen LogP contribution in [0.3, 0.4) is 0 Å². The summed E-state index contributed by atoms with van der Waals surface area (Å²) in [5.74, 6) is 0. The fraction of sp³-hybridized carbons (Fsp3) is 1.00. The smallest absolute Gasteiger partial charge is 0.336 e. The van der Waals surface area contributed by atoms with Gasteiger partial charge in [0.1, 0.15) is 6.10 Å². The van der Waals surface area contributed by atoms with E-state index in [0.717, 1.165) is 0 Å². The molecule has 1 rings (SSSR count). The molecule has 0 aliphatic carbocycles. The van der Waals surface area contributed by atoms with E-state index in [0.29, 0.717) is 6.42 Å². The highest BCUT2D eigenvalue weighted by Gasteiger charge is 2.38. The van der Waals surface area contributed by atoms with E-state index >= 15 is 0 Å². The second-order valence-electron chi connectivity index (χ2n) is 4.02. The van der Waals surface area contributed by atoms with Crippen molar-refractivity contribution in [1.29, 1.82) is 0 Å². The molecule has 1 heterocycles. The normalized spacial score (nSPS) is 34.0. The number of nitrogens with one attached hydrogen (secondary N) is 1. The average molecular weight is 209 g/mol. The van der Waals surface area contributed by atoms with E-state index in [9.17, 15) is 13.5 Å². The molecule has 0 aromatic rings. The fourth-order valence-corrected chi connectivity index (χ4v) is 2.72. The summed E-state index contributed by atoms with van der Waals surface area (Å²) in [4.78, 5) is 0. The molecule has 2 N–H and O–H groups in total. The Labute approximate surface area is 78.4 Å². The molecule has 0 radical (unpaired) electrons. The molecule has 0 aromatic heterocycles. The van der Waals surface area contributed by atoms with Crippen LogP contribution < -0.4 is 4.72 Å². The molecule has 13 heavy (non-hydrogen) atoms. The third-order valence-electron chi connectivity index (χ3n) is 1.90. The van der Waals surface area contributed by atoms with Crippen LogP contribution >= 0.6 is 0 Å². The first-order chi connectivity index (χ1) is 5.72. The summed E-state index contributed by atoms with van der Waals surface area (Å²) in [6.45, 7) is 5.02. The van der Waals surface area contributed by atoms with E-state index in [1.165, 1.54) is 6.92 Å². The lowest BCUT2D eigenvalue weighted by Gasteiger charge is -2.36. The van der Waals surface area contributed by atoms with Crippen molar-refractivity contribution in [2.24, 2.45) is 0 Å². The van der Waals surface area contributed by atoms with Crippen molar-refractivity contribution in [2.75, 3.05) is 0 Å². The molecule has 1 aliphatic rings. The van der Waals surface area contributed by atoms with Crippen LogP contribution in [0.5, 0.6) is 0 Å². The molecule has 78 valence electrons. The predicted molar refractivity (Wildman–Crippen MR) is 47.3 cm³/mol. The summed E-state index contributed by atoms with van der Waals surface area (Å²) in [6, 6.07) is 0. The molecule has 2 atom stereocenters. The summed E-state index contributed by atoms with van der Waals surface area (Å²) in [7, 11) is -3.69. The van der Waals surface area contributed by atoms with Crippen molar-refractivity contribution in [1.82, 2.24) is 4.72 Å². The van der Waals surface area contributed by atoms with Gasteiger partial charge in [0, 0.05) is 5.54 Å². The molecule has 0 bridgehead atoms. The van der Waals surface area contributed by atoms with Crippen molar-refractivity contribution in [3.05, 3.63) is 0 Å². The van der Waals surface area contributed by atoms with Crippen LogP contribution in [-0.4, -0.2) is 31.3 Å². The van der Waals surface area contributed by atoms with Crippen LogP contribution in [0, 0.1) is 0 Å². The Bertz CT molecular complexity index is 283. The van der Waals surface area contributed by atoms with Gasteiger partial charge in [-0.3, -0.25) is 4.18 Å². The highest BCUT2D eigenvalue weighted by Crippen LogP contribution is 2.24. The molecule has 1 saturated heterocycles. The maximum absolute atomic E-state index is 11.1. The number of hydrogen-bond donors (Lipinski definition) is 2. The van der Waals surface area contributed by atoms with Crippen LogP contribution in [0.2, 0.25) is 0 Å². The zero-order chi connectivity index (χ0) is 10.3. The molecule has 0 unspecified atom stereocenters. The highest BCUT2D eigenvalue weighted by atomic mass is 32.2. The van der Waals surface area contributed by atoms with Crippen LogP contribution in [0.25, 0.3) is 0 Å². The number of aliphatic hydroxyl groups is 1. The monoisotopic (exact) mass is 209 g/mol. The molecule has 1 fully saturated rings. The Balaban J connectivity index is 2.85. The maximum Gasteiger partial charge on any atom is 0.336 e. The van der Waals surface area contributed by atoms with Crippen LogP contribution in [-0.2, 0) is 14.5 Å². The molecule has 0 aromatic carbocycles.